The monoisotopic (exact) mass is 267 g/mol. The molecule has 1 saturated carbocycles. The van der Waals surface area contributed by atoms with Crippen molar-refractivity contribution < 1.29 is 4.74 Å². The van der Waals surface area contributed by atoms with Crippen LogP contribution in [0.3, 0.4) is 0 Å². The van der Waals surface area contributed by atoms with E-state index in [1.807, 2.05) is 0 Å². The van der Waals surface area contributed by atoms with Gasteiger partial charge in [0.05, 0.1) is 5.69 Å². The number of nitrogens with zero attached hydrogens (tertiary/aromatic N) is 2. The molecule has 6 heteroatoms. The van der Waals surface area contributed by atoms with Crippen molar-refractivity contribution in [3.05, 3.63) is 29.0 Å². The van der Waals surface area contributed by atoms with Crippen LogP contribution >= 0.6 is 23.1 Å². The van der Waals surface area contributed by atoms with Crippen LogP contribution in [0.1, 0.15) is 24.6 Å². The Hall–Kier alpha value is -1.33. The summed E-state index contributed by atoms with van der Waals surface area (Å²) >= 11 is 7.13. The topological polar surface area (TPSA) is 61.0 Å². The van der Waals surface area contributed by atoms with Crippen molar-refractivity contribution in [1.82, 2.24) is 9.36 Å². The molecule has 0 aliphatic heterocycles. The fourth-order valence-corrected chi connectivity index (χ4v) is 2.24. The molecule has 0 amide bonds. The van der Waals surface area contributed by atoms with Gasteiger partial charge in [0.1, 0.15) is 5.82 Å². The van der Waals surface area contributed by atoms with E-state index in [0.717, 1.165) is 5.82 Å². The maximum atomic E-state index is 5.88. The fraction of sp³-hybridized carbons (Fsp3) is 0.273. The second-order valence-corrected chi connectivity index (χ2v) is 5.13. The van der Waals surface area contributed by atoms with Crippen LogP contribution in [0.2, 0.25) is 5.02 Å². The van der Waals surface area contributed by atoms with E-state index in [-0.39, 0.29) is 0 Å². The number of nitrogens with two attached hydrogens (primary N) is 1. The molecule has 0 spiro atoms. The Morgan fingerprint density at radius 1 is 1.41 bits per heavy atom. The number of halogens is 1. The Morgan fingerprint density at radius 2 is 2.24 bits per heavy atom. The maximum absolute atomic E-state index is 5.88. The van der Waals surface area contributed by atoms with Crippen LogP contribution in [0.25, 0.3) is 0 Å². The Bertz CT molecular complexity index is 553. The molecular weight excluding hydrogens is 258 g/mol. The first kappa shape index (κ1) is 10.8. The second kappa shape index (κ2) is 4.16. The molecule has 1 heterocycles. The van der Waals surface area contributed by atoms with Gasteiger partial charge < -0.3 is 10.5 Å². The molecule has 1 aromatic carbocycles. The molecule has 2 aromatic rings. The average molecular weight is 268 g/mol. The van der Waals surface area contributed by atoms with E-state index < -0.39 is 0 Å². The standard InChI is InChI=1S/C11H10ClN3OS/c12-7-3-4-8(13)9(5-7)16-11-14-10(15-17-11)6-1-2-6/h3-6H,1-2,13H2. The summed E-state index contributed by atoms with van der Waals surface area (Å²) in [6, 6.07) is 5.11. The average Bonchev–Trinajstić information content (AvgIpc) is 3.05. The van der Waals surface area contributed by atoms with E-state index in [2.05, 4.69) is 9.36 Å². The zero-order chi connectivity index (χ0) is 11.8. The highest BCUT2D eigenvalue weighted by Crippen LogP contribution is 2.40. The Labute approximate surface area is 108 Å². The van der Waals surface area contributed by atoms with Crippen molar-refractivity contribution >= 4 is 28.8 Å². The lowest BCUT2D eigenvalue weighted by atomic mass is 10.3. The Morgan fingerprint density at radius 3 is 3.00 bits per heavy atom. The van der Waals surface area contributed by atoms with E-state index in [0.29, 0.717) is 27.6 Å². The molecule has 1 aliphatic carbocycles. The van der Waals surface area contributed by atoms with Crippen molar-refractivity contribution in [2.24, 2.45) is 0 Å². The Balaban J connectivity index is 1.82. The van der Waals surface area contributed by atoms with Crippen LogP contribution in [0, 0.1) is 0 Å². The summed E-state index contributed by atoms with van der Waals surface area (Å²) in [6.07, 6.45) is 2.35. The van der Waals surface area contributed by atoms with E-state index >= 15 is 0 Å². The molecule has 1 aliphatic rings. The molecule has 4 nitrogen and oxygen atoms in total. The first-order chi connectivity index (χ1) is 8.22. The van der Waals surface area contributed by atoms with Gasteiger partial charge >= 0.3 is 0 Å². The van der Waals surface area contributed by atoms with Crippen molar-refractivity contribution in [1.29, 1.82) is 0 Å². The lowest BCUT2D eigenvalue weighted by molar-refractivity contribution is 0.479. The van der Waals surface area contributed by atoms with Crippen molar-refractivity contribution in [3.8, 4) is 10.9 Å². The molecule has 0 atom stereocenters. The molecular formula is C11H10ClN3OS. The summed E-state index contributed by atoms with van der Waals surface area (Å²) in [5, 5.41) is 1.10. The third kappa shape index (κ3) is 2.35. The molecule has 1 aromatic heterocycles. The van der Waals surface area contributed by atoms with Gasteiger partial charge in [-0.3, -0.25) is 0 Å². The van der Waals surface area contributed by atoms with Crippen molar-refractivity contribution in [2.45, 2.75) is 18.8 Å². The largest absolute Gasteiger partial charge is 0.428 e. The first-order valence-electron chi connectivity index (χ1n) is 5.29. The minimum absolute atomic E-state index is 0.515. The van der Waals surface area contributed by atoms with Gasteiger partial charge in [0.2, 0.25) is 0 Å². The van der Waals surface area contributed by atoms with Crippen molar-refractivity contribution in [2.75, 3.05) is 5.73 Å². The molecule has 17 heavy (non-hydrogen) atoms. The van der Waals surface area contributed by atoms with Gasteiger partial charge in [0.15, 0.2) is 5.75 Å². The van der Waals surface area contributed by atoms with E-state index in [4.69, 9.17) is 22.1 Å². The third-order valence-corrected chi connectivity index (χ3v) is 3.38. The summed E-state index contributed by atoms with van der Waals surface area (Å²) in [7, 11) is 0. The second-order valence-electron chi connectivity index (χ2n) is 3.98. The van der Waals surface area contributed by atoms with Gasteiger partial charge in [-0.1, -0.05) is 11.6 Å². The zero-order valence-corrected chi connectivity index (χ0v) is 10.5. The molecule has 0 saturated heterocycles. The minimum Gasteiger partial charge on any atom is -0.428 e. The van der Waals surface area contributed by atoms with E-state index in [9.17, 15) is 0 Å². The van der Waals surface area contributed by atoms with Crippen LogP contribution in [0.5, 0.6) is 10.9 Å². The lowest BCUT2D eigenvalue weighted by Gasteiger charge is -2.04. The number of anilines is 1. The Kier molecular flexibility index (Phi) is 2.64. The molecule has 0 radical (unpaired) electrons. The number of nitrogen functional groups attached to an aromatic ring is 1. The highest BCUT2D eigenvalue weighted by Gasteiger charge is 2.28. The van der Waals surface area contributed by atoms with Gasteiger partial charge in [-0.2, -0.15) is 9.36 Å². The van der Waals surface area contributed by atoms with Crippen molar-refractivity contribution in [3.63, 3.8) is 0 Å². The lowest BCUT2D eigenvalue weighted by Crippen LogP contribution is -1.91. The summed E-state index contributed by atoms with van der Waals surface area (Å²) in [4.78, 5) is 4.32. The zero-order valence-electron chi connectivity index (χ0n) is 8.89. The van der Waals surface area contributed by atoms with Crippen LogP contribution in [-0.4, -0.2) is 9.36 Å². The molecule has 2 N–H and O–H groups in total. The maximum Gasteiger partial charge on any atom is 0.298 e. The summed E-state index contributed by atoms with van der Waals surface area (Å²) < 4.78 is 9.84. The van der Waals surface area contributed by atoms with Gasteiger partial charge in [0, 0.05) is 28.5 Å². The number of hydrogen-bond donors (Lipinski definition) is 1. The molecule has 3 rings (SSSR count). The fourth-order valence-electron chi connectivity index (χ4n) is 1.46. The molecule has 0 unspecified atom stereocenters. The summed E-state index contributed by atoms with van der Waals surface area (Å²) in [5.74, 6) is 1.93. The highest BCUT2D eigenvalue weighted by molar-refractivity contribution is 7.07. The predicted octanol–water partition coefficient (Wildman–Crippen LogP) is 3.44. The number of rotatable bonds is 3. The van der Waals surface area contributed by atoms with Crippen LogP contribution in [-0.2, 0) is 0 Å². The number of aromatic nitrogens is 2. The highest BCUT2D eigenvalue weighted by atomic mass is 35.5. The van der Waals surface area contributed by atoms with Crippen LogP contribution in [0.4, 0.5) is 5.69 Å². The van der Waals surface area contributed by atoms with Gasteiger partial charge in [-0.15, -0.1) is 0 Å². The van der Waals surface area contributed by atoms with E-state index in [1.165, 1.54) is 24.4 Å². The molecule has 88 valence electrons. The third-order valence-electron chi connectivity index (χ3n) is 2.54. The van der Waals surface area contributed by atoms with Gasteiger partial charge in [0.25, 0.3) is 5.19 Å². The number of hydrogen-bond acceptors (Lipinski definition) is 5. The molecule has 1 fully saturated rings. The number of benzene rings is 1. The normalized spacial score (nSPS) is 14.9. The quantitative estimate of drug-likeness (QED) is 0.866. The minimum atomic E-state index is 0.515. The predicted molar refractivity (Wildman–Crippen MR) is 67.8 cm³/mol. The first-order valence-corrected chi connectivity index (χ1v) is 6.44. The van der Waals surface area contributed by atoms with Gasteiger partial charge in [-0.05, 0) is 25.0 Å². The molecule has 0 bridgehead atoms. The SMILES string of the molecule is Nc1ccc(Cl)cc1Oc1nc(C2CC2)ns1. The van der Waals surface area contributed by atoms with Gasteiger partial charge in [-0.25, -0.2) is 0 Å². The van der Waals surface area contributed by atoms with Crippen LogP contribution < -0.4 is 10.5 Å². The van der Waals surface area contributed by atoms with Crippen LogP contribution in [0.15, 0.2) is 18.2 Å². The van der Waals surface area contributed by atoms with E-state index in [1.54, 1.807) is 18.2 Å². The summed E-state index contributed by atoms with van der Waals surface area (Å²) in [6.45, 7) is 0. The summed E-state index contributed by atoms with van der Waals surface area (Å²) in [5.41, 5.74) is 6.33. The smallest absolute Gasteiger partial charge is 0.298 e. The number of ether oxygens (including phenoxy) is 1.